The number of hydrogen-bond donors (Lipinski definition) is 1. The molecule has 0 aliphatic carbocycles. The lowest BCUT2D eigenvalue weighted by Gasteiger charge is -2.26. The van der Waals surface area contributed by atoms with Gasteiger partial charge in [0.2, 0.25) is 0 Å². The molecule has 0 fully saturated rings. The molecule has 0 radical (unpaired) electrons. The van der Waals surface area contributed by atoms with Crippen molar-refractivity contribution in [3.05, 3.63) is 35.4 Å². The highest BCUT2D eigenvalue weighted by atomic mass is 19.4. The Balaban J connectivity index is 3.35. The molecule has 1 N–H and O–H groups in total. The summed E-state index contributed by atoms with van der Waals surface area (Å²) >= 11 is 0. The molecule has 0 aromatic heterocycles. The molecule has 0 saturated heterocycles. The third kappa shape index (κ3) is 2.32. The van der Waals surface area contributed by atoms with Crippen LogP contribution in [0.3, 0.4) is 0 Å². The molecule has 90 valence electrons. The van der Waals surface area contributed by atoms with Crippen molar-refractivity contribution in [2.24, 2.45) is 0 Å². The zero-order valence-electron chi connectivity index (χ0n) is 8.22. The number of rotatable bonds is 2. The molecule has 1 aromatic carbocycles. The first-order chi connectivity index (χ1) is 7.17. The maximum Gasteiger partial charge on any atom is 0.416 e. The van der Waals surface area contributed by atoms with Gasteiger partial charge in [-0.1, -0.05) is 18.2 Å². The molecule has 6 heteroatoms. The summed E-state index contributed by atoms with van der Waals surface area (Å²) in [5.74, 6) is 0. The number of alkyl halides is 5. The van der Waals surface area contributed by atoms with Gasteiger partial charge in [-0.2, -0.15) is 13.2 Å². The smallest absolute Gasteiger partial charge is 0.379 e. The van der Waals surface area contributed by atoms with Crippen LogP contribution in [0.1, 0.15) is 18.1 Å². The Morgan fingerprint density at radius 2 is 1.50 bits per heavy atom. The fourth-order valence-corrected chi connectivity index (χ4v) is 1.29. The van der Waals surface area contributed by atoms with Gasteiger partial charge in [0.1, 0.15) is 5.60 Å². The summed E-state index contributed by atoms with van der Waals surface area (Å²) in [4.78, 5) is 0. The van der Waals surface area contributed by atoms with Gasteiger partial charge < -0.3 is 5.11 Å². The maximum atomic E-state index is 12.5. The fourth-order valence-electron chi connectivity index (χ4n) is 1.29. The van der Waals surface area contributed by atoms with Gasteiger partial charge >= 0.3 is 6.18 Å². The van der Waals surface area contributed by atoms with E-state index in [-0.39, 0.29) is 0 Å². The molecule has 0 amide bonds. The van der Waals surface area contributed by atoms with Crippen LogP contribution in [0, 0.1) is 0 Å². The summed E-state index contributed by atoms with van der Waals surface area (Å²) in [5.41, 5.74) is -4.88. The zero-order valence-corrected chi connectivity index (χ0v) is 8.22. The van der Waals surface area contributed by atoms with E-state index in [4.69, 9.17) is 0 Å². The van der Waals surface area contributed by atoms with Gasteiger partial charge in [0.15, 0.2) is 0 Å². The van der Waals surface area contributed by atoms with Crippen molar-refractivity contribution in [1.29, 1.82) is 0 Å². The quantitative estimate of drug-likeness (QED) is 0.787. The van der Waals surface area contributed by atoms with Crippen LogP contribution in [0.4, 0.5) is 22.0 Å². The summed E-state index contributed by atoms with van der Waals surface area (Å²) in [5, 5.41) is 9.36. The number of halogens is 5. The van der Waals surface area contributed by atoms with Gasteiger partial charge in [-0.25, -0.2) is 8.78 Å². The van der Waals surface area contributed by atoms with Gasteiger partial charge in [0, 0.05) is 5.56 Å². The van der Waals surface area contributed by atoms with Crippen molar-refractivity contribution in [2.75, 3.05) is 0 Å². The van der Waals surface area contributed by atoms with Gasteiger partial charge in [-0.05, 0) is 13.0 Å². The first-order valence-electron chi connectivity index (χ1n) is 4.34. The molecule has 1 atom stereocenters. The van der Waals surface area contributed by atoms with Crippen LogP contribution >= 0.6 is 0 Å². The second-order valence-electron chi connectivity index (χ2n) is 3.49. The molecular weight excluding hydrogens is 231 g/mol. The van der Waals surface area contributed by atoms with Crippen molar-refractivity contribution >= 4 is 0 Å². The van der Waals surface area contributed by atoms with E-state index in [1.807, 2.05) is 0 Å². The van der Waals surface area contributed by atoms with Crippen molar-refractivity contribution in [2.45, 2.75) is 25.1 Å². The minimum atomic E-state index is -4.77. The standard InChI is InChI=1S/C10H9F5O/c1-9(16,8(11)12)6-4-2-3-5-7(6)10(13,14)15/h2-5,8,16H,1H3. The molecule has 0 heterocycles. The molecule has 1 nitrogen and oxygen atoms in total. The molecule has 0 bridgehead atoms. The van der Waals surface area contributed by atoms with Crippen molar-refractivity contribution < 1.29 is 27.1 Å². The van der Waals surface area contributed by atoms with Crippen LogP contribution in [0.2, 0.25) is 0 Å². The highest BCUT2D eigenvalue weighted by Gasteiger charge is 2.42. The third-order valence-electron chi connectivity index (χ3n) is 2.20. The first kappa shape index (κ1) is 12.9. The molecule has 0 aliphatic rings. The SMILES string of the molecule is CC(O)(c1ccccc1C(F)(F)F)C(F)F. The molecular formula is C10H9F5O. The summed E-state index contributed by atoms with van der Waals surface area (Å²) in [6.45, 7) is 0.655. The highest BCUT2D eigenvalue weighted by Crippen LogP contribution is 2.38. The first-order valence-corrected chi connectivity index (χ1v) is 4.34. The summed E-state index contributed by atoms with van der Waals surface area (Å²) in [6.07, 6.45) is -8.06. The Morgan fingerprint density at radius 3 is 1.88 bits per heavy atom. The van der Waals surface area contributed by atoms with Crippen LogP contribution in [-0.2, 0) is 11.8 Å². The van der Waals surface area contributed by atoms with Crippen molar-refractivity contribution in [3.63, 3.8) is 0 Å². The second kappa shape index (κ2) is 4.01. The van der Waals surface area contributed by atoms with Gasteiger partial charge in [-0.15, -0.1) is 0 Å². The fraction of sp³-hybridized carbons (Fsp3) is 0.400. The van der Waals surface area contributed by atoms with Crippen LogP contribution in [0.15, 0.2) is 24.3 Å². The molecule has 1 rings (SSSR count). The average Bonchev–Trinajstić information content (AvgIpc) is 2.16. The highest BCUT2D eigenvalue weighted by molar-refractivity contribution is 5.34. The van der Waals surface area contributed by atoms with E-state index >= 15 is 0 Å². The number of aliphatic hydroxyl groups is 1. The van der Waals surface area contributed by atoms with E-state index < -0.39 is 29.3 Å². The van der Waals surface area contributed by atoms with Gasteiger partial charge in [0.25, 0.3) is 6.43 Å². The molecule has 0 aliphatic heterocycles. The van der Waals surface area contributed by atoms with Gasteiger partial charge in [0.05, 0.1) is 5.56 Å². The van der Waals surface area contributed by atoms with E-state index in [1.165, 1.54) is 6.07 Å². The Kier molecular flexibility index (Phi) is 3.23. The molecule has 1 unspecified atom stereocenters. The minimum Gasteiger partial charge on any atom is -0.379 e. The third-order valence-corrected chi connectivity index (χ3v) is 2.20. The number of benzene rings is 1. The predicted octanol–water partition coefficient (Wildman–Crippen LogP) is 3.18. The van der Waals surface area contributed by atoms with Gasteiger partial charge in [-0.3, -0.25) is 0 Å². The lowest BCUT2D eigenvalue weighted by molar-refractivity contribution is -0.145. The van der Waals surface area contributed by atoms with E-state index in [2.05, 4.69) is 0 Å². The molecule has 0 spiro atoms. The Hall–Kier alpha value is -1.17. The van der Waals surface area contributed by atoms with Crippen LogP contribution in [-0.4, -0.2) is 11.5 Å². The minimum absolute atomic E-state index is 0.655. The zero-order chi connectivity index (χ0) is 12.6. The van der Waals surface area contributed by atoms with E-state index in [9.17, 15) is 27.1 Å². The monoisotopic (exact) mass is 240 g/mol. The molecule has 0 saturated carbocycles. The van der Waals surface area contributed by atoms with Crippen LogP contribution in [0.5, 0.6) is 0 Å². The lowest BCUT2D eigenvalue weighted by atomic mass is 9.91. The normalized spacial score (nSPS) is 16.2. The summed E-state index contributed by atoms with van der Waals surface area (Å²) in [6, 6.07) is 3.75. The molecule has 1 aromatic rings. The topological polar surface area (TPSA) is 20.2 Å². The Morgan fingerprint density at radius 1 is 1.06 bits per heavy atom. The summed E-state index contributed by atoms with van der Waals surface area (Å²) < 4.78 is 62.4. The summed E-state index contributed by atoms with van der Waals surface area (Å²) in [7, 11) is 0. The van der Waals surface area contributed by atoms with E-state index in [0.717, 1.165) is 12.1 Å². The lowest BCUT2D eigenvalue weighted by Crippen LogP contribution is -2.33. The largest absolute Gasteiger partial charge is 0.416 e. The Bertz CT molecular complexity index is 370. The maximum absolute atomic E-state index is 12.5. The van der Waals surface area contributed by atoms with E-state index in [0.29, 0.717) is 13.0 Å². The number of hydrogen-bond acceptors (Lipinski definition) is 1. The Labute approximate surface area is 88.5 Å². The van der Waals surface area contributed by atoms with Crippen LogP contribution < -0.4 is 0 Å². The van der Waals surface area contributed by atoms with Crippen molar-refractivity contribution in [3.8, 4) is 0 Å². The van der Waals surface area contributed by atoms with Crippen molar-refractivity contribution in [1.82, 2.24) is 0 Å². The van der Waals surface area contributed by atoms with E-state index in [1.54, 1.807) is 0 Å². The van der Waals surface area contributed by atoms with Crippen LogP contribution in [0.25, 0.3) is 0 Å². The average molecular weight is 240 g/mol. The second-order valence-corrected chi connectivity index (χ2v) is 3.49. The predicted molar refractivity (Wildman–Crippen MR) is 47.0 cm³/mol. The molecule has 16 heavy (non-hydrogen) atoms.